The van der Waals surface area contributed by atoms with Gasteiger partial charge in [-0.1, -0.05) is 25.5 Å². The molecule has 3 saturated carbocycles. The number of fused-ring (bicyclic) bond motifs is 3. The van der Waals surface area contributed by atoms with E-state index < -0.39 is 17.0 Å². The van der Waals surface area contributed by atoms with Crippen molar-refractivity contribution in [3.8, 4) is 0 Å². The summed E-state index contributed by atoms with van der Waals surface area (Å²) in [6, 6.07) is 0. The van der Waals surface area contributed by atoms with Gasteiger partial charge in [0.15, 0.2) is 11.6 Å². The second kappa shape index (κ2) is 5.92. The van der Waals surface area contributed by atoms with Crippen LogP contribution in [0.4, 0.5) is 0 Å². The molecule has 4 aliphatic carbocycles. The van der Waals surface area contributed by atoms with Crippen LogP contribution < -0.4 is 0 Å². The Balaban J connectivity index is 1.52. The summed E-state index contributed by atoms with van der Waals surface area (Å²) in [6.07, 6.45) is 7.97. The highest BCUT2D eigenvalue weighted by Gasteiger charge is 2.81. The number of carbonyl (C=O) groups excluding carboxylic acids is 2. The number of hydrogen-bond donors (Lipinski definition) is 2. The number of aliphatic carboxylic acids is 1. The zero-order chi connectivity index (χ0) is 21.7. The summed E-state index contributed by atoms with van der Waals surface area (Å²) in [5.74, 6) is -1.24. The van der Waals surface area contributed by atoms with Crippen LogP contribution in [0, 0.1) is 28.6 Å². The number of Topliss-reactive ketones (excluding diaryl/α,β-unsaturated/α-hetero) is 1. The van der Waals surface area contributed by atoms with Gasteiger partial charge in [0.1, 0.15) is 11.2 Å². The lowest BCUT2D eigenvalue weighted by molar-refractivity contribution is -0.164. The molecule has 6 heteroatoms. The summed E-state index contributed by atoms with van der Waals surface area (Å²) < 4.78 is 6.47. The quantitative estimate of drug-likeness (QED) is 0.686. The number of carbonyl (C=O) groups is 3. The normalized spacial score (nSPS) is 50.7. The van der Waals surface area contributed by atoms with Crippen LogP contribution in [0.5, 0.6) is 0 Å². The van der Waals surface area contributed by atoms with E-state index in [0.29, 0.717) is 6.42 Å². The van der Waals surface area contributed by atoms with Gasteiger partial charge < -0.3 is 14.9 Å². The highest BCUT2D eigenvalue weighted by Crippen LogP contribution is 2.76. The molecule has 5 rings (SSSR count). The summed E-state index contributed by atoms with van der Waals surface area (Å²) in [5.41, 5.74) is -1.72. The molecule has 0 aromatic heterocycles. The van der Waals surface area contributed by atoms with Crippen LogP contribution in [0.25, 0.3) is 0 Å². The molecule has 0 radical (unpaired) electrons. The Morgan fingerprint density at radius 2 is 1.97 bits per heavy atom. The molecule has 162 valence electrons. The monoisotopic (exact) mass is 414 g/mol. The molecule has 2 N–H and O–H groups in total. The minimum atomic E-state index is -1.53. The third-order valence-corrected chi connectivity index (χ3v) is 9.51. The molecule has 0 unspecified atom stereocenters. The fourth-order valence-electron chi connectivity index (χ4n) is 7.99. The number of carboxylic acids is 1. The molecular weight excluding hydrogens is 384 g/mol. The number of hydrogen-bond acceptors (Lipinski definition) is 5. The van der Waals surface area contributed by atoms with Crippen molar-refractivity contribution in [3.05, 3.63) is 23.8 Å². The van der Waals surface area contributed by atoms with Crippen LogP contribution in [0.2, 0.25) is 0 Å². The highest BCUT2D eigenvalue weighted by atomic mass is 16.6. The molecule has 1 saturated heterocycles. The summed E-state index contributed by atoms with van der Waals surface area (Å²) >= 11 is 0. The molecule has 6 nitrogen and oxygen atoms in total. The molecule has 1 aliphatic heterocycles. The van der Waals surface area contributed by atoms with Crippen LogP contribution in [0.1, 0.15) is 59.3 Å². The number of ether oxygens (including phenoxy) is 1. The number of aliphatic hydroxyl groups is 1. The first-order valence-corrected chi connectivity index (χ1v) is 11.1. The molecule has 0 aromatic carbocycles. The molecule has 0 bridgehead atoms. The van der Waals surface area contributed by atoms with Crippen LogP contribution in [0.15, 0.2) is 23.8 Å². The highest BCUT2D eigenvalue weighted by molar-refractivity contribution is 6.01. The van der Waals surface area contributed by atoms with E-state index in [-0.39, 0.29) is 59.3 Å². The Morgan fingerprint density at radius 1 is 1.23 bits per heavy atom. The van der Waals surface area contributed by atoms with Crippen molar-refractivity contribution in [1.29, 1.82) is 0 Å². The number of allylic oxidation sites excluding steroid dienone is 2. The van der Waals surface area contributed by atoms with E-state index in [0.717, 1.165) is 24.8 Å². The average molecular weight is 414 g/mol. The second-order valence-electron chi connectivity index (χ2n) is 10.6. The number of carboxylic acid groups (broad SMARTS) is 1. The zero-order valence-corrected chi connectivity index (χ0v) is 17.8. The van der Waals surface area contributed by atoms with E-state index >= 15 is 0 Å². The third-order valence-electron chi connectivity index (χ3n) is 9.51. The minimum Gasteiger partial charge on any atom is -0.481 e. The largest absolute Gasteiger partial charge is 0.481 e. The zero-order valence-electron chi connectivity index (χ0n) is 17.8. The lowest BCUT2D eigenvalue weighted by atomic mass is 9.46. The Morgan fingerprint density at radius 3 is 2.67 bits per heavy atom. The first-order valence-electron chi connectivity index (χ1n) is 11.1. The van der Waals surface area contributed by atoms with Crippen molar-refractivity contribution in [2.24, 2.45) is 28.6 Å². The van der Waals surface area contributed by atoms with Crippen LogP contribution in [-0.4, -0.2) is 45.1 Å². The maximum Gasteiger partial charge on any atom is 0.303 e. The fraction of sp³-hybridized carbons (Fsp3) is 0.708. The van der Waals surface area contributed by atoms with Crippen molar-refractivity contribution >= 4 is 17.5 Å². The molecule has 1 spiro atoms. The lowest BCUT2D eigenvalue weighted by Gasteiger charge is -2.55. The fourth-order valence-corrected chi connectivity index (χ4v) is 7.99. The first-order chi connectivity index (χ1) is 14.0. The van der Waals surface area contributed by atoms with Crippen molar-refractivity contribution in [1.82, 2.24) is 0 Å². The van der Waals surface area contributed by atoms with Crippen LogP contribution in [-0.2, 0) is 19.1 Å². The van der Waals surface area contributed by atoms with Crippen molar-refractivity contribution in [3.63, 3.8) is 0 Å². The van der Waals surface area contributed by atoms with Gasteiger partial charge in [0, 0.05) is 17.3 Å². The van der Waals surface area contributed by atoms with E-state index in [9.17, 15) is 19.5 Å². The van der Waals surface area contributed by atoms with Gasteiger partial charge in [0.25, 0.3) is 0 Å². The Bertz CT molecular complexity index is 919. The van der Waals surface area contributed by atoms with Crippen molar-refractivity contribution in [2.45, 2.75) is 76.6 Å². The van der Waals surface area contributed by atoms with Gasteiger partial charge in [0.2, 0.25) is 0 Å². The number of ketones is 2. The van der Waals surface area contributed by atoms with Crippen molar-refractivity contribution < 1.29 is 29.3 Å². The maximum atomic E-state index is 13.1. The van der Waals surface area contributed by atoms with Crippen LogP contribution in [0.3, 0.4) is 0 Å². The molecule has 0 aromatic rings. The van der Waals surface area contributed by atoms with E-state index in [4.69, 9.17) is 9.84 Å². The Kier molecular flexibility index (Phi) is 3.97. The molecule has 8 atom stereocenters. The molecule has 4 fully saturated rings. The summed E-state index contributed by atoms with van der Waals surface area (Å²) in [7, 11) is 0. The van der Waals surface area contributed by atoms with Crippen molar-refractivity contribution in [2.75, 3.05) is 0 Å². The van der Waals surface area contributed by atoms with Gasteiger partial charge in [-0.2, -0.15) is 0 Å². The van der Waals surface area contributed by atoms with Gasteiger partial charge in [-0.15, -0.1) is 0 Å². The maximum absolute atomic E-state index is 13.1. The van der Waals surface area contributed by atoms with Gasteiger partial charge in [-0.25, -0.2) is 0 Å². The van der Waals surface area contributed by atoms with Gasteiger partial charge in [-0.05, 0) is 62.5 Å². The standard InChI is InChI=1S/C24H30O6/c1-13-10-17-16-5-4-14-11-15(25)8-9-21(14,2)24(16)19(30-24)12-22(17,3)23(13,29)18(26)6-7-20(27)28/h8-9,11,13,16-17,19,29H,4-7,10,12H2,1-3H3,(H,27,28)/t13-,16+,17+,19+,21+,22+,23+,24-/m1/s1. The third kappa shape index (κ3) is 2.14. The van der Waals surface area contributed by atoms with Gasteiger partial charge >= 0.3 is 5.97 Å². The van der Waals surface area contributed by atoms with E-state index in [2.05, 4.69) is 6.92 Å². The number of epoxide rings is 1. The Hall–Kier alpha value is -1.79. The first kappa shape index (κ1) is 20.1. The number of rotatable bonds is 4. The molecule has 0 amide bonds. The smallest absolute Gasteiger partial charge is 0.303 e. The lowest BCUT2D eigenvalue weighted by Crippen LogP contribution is -2.62. The van der Waals surface area contributed by atoms with Crippen LogP contribution >= 0.6 is 0 Å². The van der Waals surface area contributed by atoms with E-state index in [1.54, 1.807) is 12.2 Å². The van der Waals surface area contributed by atoms with E-state index in [1.807, 2.05) is 19.9 Å². The summed E-state index contributed by atoms with van der Waals surface area (Å²) in [6.45, 7) is 6.11. The molecule has 5 aliphatic rings. The van der Waals surface area contributed by atoms with Gasteiger partial charge in [-0.3, -0.25) is 14.4 Å². The SMILES string of the molecule is C[C@@H]1C[C@H]2[C@@H]3CCC4=CC(=O)C=C[C@]4(C)[C@@]34O[C@H]4C[C@]2(C)[C@@]1(O)C(=O)CCC(=O)O. The average Bonchev–Trinajstić information content (AvgIpc) is 3.36. The molecule has 1 heterocycles. The molecular formula is C24H30O6. The van der Waals surface area contributed by atoms with Gasteiger partial charge in [0.05, 0.1) is 12.5 Å². The minimum absolute atomic E-state index is 0.0306. The Labute approximate surface area is 176 Å². The topological polar surface area (TPSA) is 104 Å². The summed E-state index contributed by atoms with van der Waals surface area (Å²) in [5, 5.41) is 20.8. The summed E-state index contributed by atoms with van der Waals surface area (Å²) in [4.78, 5) is 36.1. The predicted octanol–water partition coefficient (Wildman–Crippen LogP) is 2.84. The molecule has 30 heavy (non-hydrogen) atoms. The predicted molar refractivity (Wildman–Crippen MR) is 107 cm³/mol. The second-order valence-corrected chi connectivity index (χ2v) is 10.6. The van der Waals surface area contributed by atoms with E-state index in [1.165, 1.54) is 0 Å².